The zero-order chi connectivity index (χ0) is 31.9. The van der Waals surface area contributed by atoms with Crippen LogP contribution in [0.2, 0.25) is 0 Å². The highest BCUT2D eigenvalue weighted by Crippen LogP contribution is 2.30. The van der Waals surface area contributed by atoms with Gasteiger partial charge in [0.05, 0.1) is 18.8 Å². The van der Waals surface area contributed by atoms with Crippen LogP contribution in [0.5, 0.6) is 11.5 Å². The maximum absolute atomic E-state index is 12.5. The first kappa shape index (κ1) is 35.9. The van der Waals surface area contributed by atoms with Gasteiger partial charge in [0.15, 0.2) is 17.2 Å². The van der Waals surface area contributed by atoms with Gasteiger partial charge < -0.3 is 20.3 Å². The van der Waals surface area contributed by atoms with Crippen molar-refractivity contribution >= 4 is 11.9 Å². The second-order valence-corrected chi connectivity index (χ2v) is 9.43. The first-order valence-electron chi connectivity index (χ1n) is 13.3. The Bertz CT molecular complexity index is 1230. The normalized spacial score (nSPS) is 12.0. The molecule has 0 aliphatic heterocycles. The number of methoxy groups -OCH3 is 1. The Morgan fingerprint density at radius 1 is 1.02 bits per heavy atom. The van der Waals surface area contributed by atoms with E-state index < -0.39 is 17.6 Å². The third kappa shape index (κ3) is 13.0. The van der Waals surface area contributed by atoms with Crippen LogP contribution in [0.25, 0.3) is 0 Å². The number of esters is 1. The number of hydrogen-bond donors (Lipinski definition) is 2. The Morgan fingerprint density at radius 3 is 2.07 bits per heavy atom. The number of primary amides is 1. The lowest BCUT2D eigenvalue weighted by atomic mass is 9.91. The van der Waals surface area contributed by atoms with Gasteiger partial charge >= 0.3 is 12.1 Å². The Kier molecular flexibility index (Phi) is 15.0. The van der Waals surface area contributed by atoms with Crippen molar-refractivity contribution in [2.24, 2.45) is 11.7 Å². The smallest absolute Gasteiger partial charge is 0.416 e. The maximum atomic E-state index is 12.5. The highest BCUT2D eigenvalue weighted by atomic mass is 19.4. The second-order valence-electron chi connectivity index (χ2n) is 9.43. The molecule has 0 saturated heterocycles. The molecule has 42 heavy (non-hydrogen) atoms. The van der Waals surface area contributed by atoms with Gasteiger partial charge in [-0.15, -0.1) is 0 Å². The Morgan fingerprint density at radius 2 is 1.62 bits per heavy atom. The average Bonchev–Trinajstić information content (AvgIpc) is 2.94. The molecule has 230 valence electrons. The molecule has 2 aromatic carbocycles. The number of ether oxygens (including phenoxy) is 2. The topological polar surface area (TPSA) is 112 Å². The van der Waals surface area contributed by atoms with Crippen molar-refractivity contribution in [3.8, 4) is 11.5 Å². The molecule has 1 heterocycles. The fourth-order valence-electron chi connectivity index (χ4n) is 3.70. The van der Waals surface area contributed by atoms with E-state index in [1.165, 1.54) is 43.6 Å². The van der Waals surface area contributed by atoms with E-state index in [2.05, 4.69) is 4.98 Å². The Balaban J connectivity index is 0.000000364. The number of hydrogen-bond acceptors (Lipinski definition) is 6. The van der Waals surface area contributed by atoms with Gasteiger partial charge in [-0.2, -0.15) is 13.2 Å². The lowest BCUT2D eigenvalue weighted by Gasteiger charge is -2.20. The number of benzene rings is 2. The van der Waals surface area contributed by atoms with Gasteiger partial charge in [-0.25, -0.2) is 9.37 Å². The van der Waals surface area contributed by atoms with Crippen LogP contribution < -0.4 is 10.5 Å². The molecule has 1 aromatic heterocycles. The van der Waals surface area contributed by atoms with Crippen molar-refractivity contribution in [3.05, 3.63) is 89.0 Å². The summed E-state index contributed by atoms with van der Waals surface area (Å²) in [6.07, 6.45) is -0.516. The van der Waals surface area contributed by atoms with Crippen molar-refractivity contribution in [1.29, 1.82) is 0 Å². The molecule has 3 rings (SSSR count). The van der Waals surface area contributed by atoms with Crippen LogP contribution in [0, 0.1) is 18.7 Å². The van der Waals surface area contributed by atoms with Gasteiger partial charge in [-0.3, -0.25) is 9.59 Å². The van der Waals surface area contributed by atoms with Crippen LogP contribution in [0.1, 0.15) is 67.2 Å². The minimum Gasteiger partial charge on any atom is -0.503 e. The molecule has 3 aromatic rings. The highest BCUT2D eigenvalue weighted by molar-refractivity contribution is 5.94. The zero-order valence-electron chi connectivity index (χ0n) is 24.4. The third-order valence-corrected chi connectivity index (χ3v) is 6.02. The number of aromatic nitrogens is 1. The zero-order valence-corrected chi connectivity index (χ0v) is 24.4. The van der Waals surface area contributed by atoms with Gasteiger partial charge in [0, 0.05) is 18.7 Å². The first-order valence-corrected chi connectivity index (χ1v) is 13.3. The molecule has 3 N–H and O–H groups in total. The molecular formula is C31H38F4N2O5. The van der Waals surface area contributed by atoms with E-state index in [-0.39, 0.29) is 41.0 Å². The van der Waals surface area contributed by atoms with Crippen molar-refractivity contribution in [3.63, 3.8) is 0 Å². The van der Waals surface area contributed by atoms with Crippen LogP contribution in [0.3, 0.4) is 0 Å². The predicted molar refractivity (Wildman–Crippen MR) is 151 cm³/mol. The Hall–Kier alpha value is -4.15. The second kappa shape index (κ2) is 17.6. The maximum Gasteiger partial charge on any atom is 0.416 e. The van der Waals surface area contributed by atoms with Crippen molar-refractivity contribution < 1.29 is 41.7 Å². The number of rotatable bonds is 9. The van der Waals surface area contributed by atoms with E-state index in [4.69, 9.17) is 15.2 Å². The summed E-state index contributed by atoms with van der Waals surface area (Å²) >= 11 is 0. The predicted octanol–water partition coefficient (Wildman–Crippen LogP) is 7.03. The summed E-state index contributed by atoms with van der Waals surface area (Å²) in [4.78, 5) is 25.5. The van der Waals surface area contributed by atoms with Gasteiger partial charge in [0.1, 0.15) is 5.82 Å². The van der Waals surface area contributed by atoms with E-state index in [0.29, 0.717) is 19.3 Å². The molecule has 11 heteroatoms. The molecule has 0 radical (unpaired) electrons. The summed E-state index contributed by atoms with van der Waals surface area (Å²) in [6.45, 7) is 7.56. The number of aromatic hydroxyl groups is 1. The van der Waals surface area contributed by atoms with Crippen molar-refractivity contribution in [2.45, 2.75) is 65.7 Å². The number of halogens is 4. The first-order chi connectivity index (χ1) is 19.7. The largest absolute Gasteiger partial charge is 0.503 e. The standard InChI is InChI=1S/C17H23F3O2.C7H7F.C7H8N2O3/c1-4-13(10-12(3)22-16(21)5-2)11-14-6-8-15(9-7-14)17(18,19)20;1-6-2-4-7(8)5-3-6;1-12-4-2-3-9-5(6(4)10)7(8)11/h6-9,12-13H,4-5,10-11H2,1-3H3;2-5H,1H3;2-3,10H,1H3,(H2,8,11)/t12?,13-;;/m0../s1. The summed E-state index contributed by atoms with van der Waals surface area (Å²) in [7, 11) is 1.37. The van der Waals surface area contributed by atoms with E-state index in [1.807, 2.05) is 20.8 Å². The van der Waals surface area contributed by atoms with Crippen LogP contribution in [0.15, 0.2) is 60.8 Å². The molecule has 0 fully saturated rings. The number of nitrogens with zero attached hydrogens (tertiary/aromatic N) is 1. The SMILES string of the molecule is CCC(=O)OC(C)C[C@H](CC)Cc1ccc(C(F)(F)F)cc1.COc1ccnc(C(N)=O)c1O.Cc1ccc(F)cc1. The number of amides is 1. The third-order valence-electron chi connectivity index (χ3n) is 6.02. The monoisotopic (exact) mass is 594 g/mol. The molecule has 0 spiro atoms. The van der Waals surface area contributed by atoms with Crippen LogP contribution in [-0.2, 0) is 22.1 Å². The van der Waals surface area contributed by atoms with E-state index in [0.717, 1.165) is 29.7 Å². The number of carbonyl (C=O) groups is 2. The molecule has 2 atom stereocenters. The molecule has 0 aliphatic rings. The minimum atomic E-state index is -4.30. The summed E-state index contributed by atoms with van der Waals surface area (Å²) in [5, 5.41) is 9.27. The fourth-order valence-corrected chi connectivity index (χ4v) is 3.70. The van der Waals surface area contributed by atoms with Gasteiger partial charge in [0.25, 0.3) is 5.91 Å². The Labute approximate surface area is 243 Å². The van der Waals surface area contributed by atoms with Gasteiger partial charge in [-0.05, 0) is 62.4 Å². The van der Waals surface area contributed by atoms with Gasteiger partial charge in [0.2, 0.25) is 0 Å². The van der Waals surface area contributed by atoms with E-state index in [9.17, 15) is 32.3 Å². The van der Waals surface area contributed by atoms with Crippen LogP contribution >= 0.6 is 0 Å². The molecule has 0 aliphatic carbocycles. The van der Waals surface area contributed by atoms with E-state index in [1.54, 1.807) is 19.1 Å². The molecule has 0 saturated carbocycles. The molecular weight excluding hydrogens is 556 g/mol. The van der Waals surface area contributed by atoms with Crippen LogP contribution in [-0.4, -0.2) is 35.2 Å². The summed E-state index contributed by atoms with van der Waals surface area (Å²) in [6, 6.07) is 13.1. The number of alkyl halides is 3. The summed E-state index contributed by atoms with van der Waals surface area (Å²) < 4.78 is 59.7. The fraction of sp³-hybridized carbons (Fsp3) is 0.387. The molecule has 7 nitrogen and oxygen atoms in total. The summed E-state index contributed by atoms with van der Waals surface area (Å²) in [5.74, 6) is -1.05. The van der Waals surface area contributed by atoms with Crippen molar-refractivity contribution in [2.75, 3.05) is 7.11 Å². The lowest BCUT2D eigenvalue weighted by Crippen LogP contribution is -2.19. The van der Waals surface area contributed by atoms with E-state index >= 15 is 0 Å². The van der Waals surface area contributed by atoms with Gasteiger partial charge in [-0.1, -0.05) is 50.1 Å². The lowest BCUT2D eigenvalue weighted by molar-refractivity contribution is -0.148. The number of aryl methyl sites for hydroxylation is 1. The van der Waals surface area contributed by atoms with Crippen molar-refractivity contribution in [1.82, 2.24) is 4.98 Å². The number of nitrogens with two attached hydrogens (primary N) is 1. The summed E-state index contributed by atoms with van der Waals surface area (Å²) in [5.41, 5.74) is 6.06. The molecule has 0 bridgehead atoms. The van der Waals surface area contributed by atoms with Crippen LogP contribution in [0.4, 0.5) is 17.6 Å². The minimum absolute atomic E-state index is 0.171. The number of pyridine rings is 1. The number of carbonyl (C=O) groups excluding carboxylic acids is 2. The average molecular weight is 595 g/mol. The molecule has 1 unspecified atom stereocenters. The molecule has 1 amide bonds. The quantitative estimate of drug-likeness (QED) is 0.203. The highest BCUT2D eigenvalue weighted by Gasteiger charge is 2.30.